The Morgan fingerprint density at radius 2 is 1.97 bits per heavy atom. The van der Waals surface area contributed by atoms with Crippen LogP contribution in [0, 0.1) is 0 Å². The van der Waals surface area contributed by atoms with Crippen molar-refractivity contribution >= 4 is 23.0 Å². The van der Waals surface area contributed by atoms with Gasteiger partial charge >= 0.3 is 0 Å². The van der Waals surface area contributed by atoms with Crippen LogP contribution in [0.3, 0.4) is 0 Å². The van der Waals surface area contributed by atoms with Crippen molar-refractivity contribution in [1.82, 2.24) is 39.1 Å². The molecule has 2 N–H and O–H groups in total. The van der Waals surface area contributed by atoms with Crippen LogP contribution >= 0.6 is 0 Å². The highest BCUT2D eigenvalue weighted by molar-refractivity contribution is 6.06. The van der Waals surface area contributed by atoms with Crippen molar-refractivity contribution < 1.29 is 14.6 Å². The van der Waals surface area contributed by atoms with Gasteiger partial charge < -0.3 is 14.4 Å². The van der Waals surface area contributed by atoms with Gasteiger partial charge in [-0.15, -0.1) is 5.10 Å². The van der Waals surface area contributed by atoms with Crippen LogP contribution in [-0.4, -0.2) is 57.2 Å². The van der Waals surface area contributed by atoms with Gasteiger partial charge in [-0.2, -0.15) is 10.1 Å². The molecule has 0 bridgehead atoms. The third-order valence-electron chi connectivity index (χ3n) is 6.07. The number of nitrogens with zero attached hydrogens (tertiary/aromatic N) is 8. The minimum atomic E-state index is -0.434. The van der Waals surface area contributed by atoms with Crippen LogP contribution in [0.5, 0.6) is 11.6 Å². The van der Waals surface area contributed by atoms with Crippen LogP contribution < -0.4 is 10.1 Å². The van der Waals surface area contributed by atoms with Gasteiger partial charge in [0.1, 0.15) is 23.5 Å². The molecule has 0 saturated carbocycles. The molecular weight excluding hydrogens is 474 g/mol. The fourth-order valence-corrected chi connectivity index (χ4v) is 4.31. The van der Waals surface area contributed by atoms with Crippen molar-refractivity contribution in [3.8, 4) is 22.9 Å². The van der Waals surface area contributed by atoms with E-state index in [0.29, 0.717) is 41.9 Å². The molecule has 5 aromatic rings. The number of methoxy groups -OCH3 is 1. The van der Waals surface area contributed by atoms with Crippen LogP contribution in [0.4, 0.5) is 5.95 Å². The van der Waals surface area contributed by atoms with Gasteiger partial charge in [0.25, 0.3) is 5.91 Å². The highest BCUT2D eigenvalue weighted by atomic mass is 16.5. The van der Waals surface area contributed by atoms with E-state index in [1.54, 1.807) is 33.9 Å². The number of pyridine rings is 1. The zero-order chi connectivity index (χ0) is 26.1. The molecule has 0 aliphatic rings. The number of fused-ring (bicyclic) bond motifs is 1. The third-order valence-corrected chi connectivity index (χ3v) is 6.07. The fraction of sp³-hybridized carbons (Fsp3) is 0.280. The van der Waals surface area contributed by atoms with E-state index < -0.39 is 5.91 Å². The Morgan fingerprint density at radius 3 is 2.65 bits per heavy atom. The van der Waals surface area contributed by atoms with Crippen LogP contribution in [0.1, 0.15) is 35.6 Å². The molecule has 0 unspecified atom stereocenters. The fourth-order valence-electron chi connectivity index (χ4n) is 4.31. The number of hydrogen-bond donors (Lipinski definition) is 2. The number of aromatic hydroxyl groups is 1. The second-order valence-corrected chi connectivity index (χ2v) is 8.40. The van der Waals surface area contributed by atoms with Crippen molar-refractivity contribution in [2.24, 2.45) is 7.05 Å². The normalized spacial score (nSPS) is 11.2. The number of anilines is 1. The Kier molecular flexibility index (Phi) is 6.30. The number of ether oxygens (including phenoxy) is 1. The summed E-state index contributed by atoms with van der Waals surface area (Å²) in [4.78, 5) is 26.5. The number of rotatable bonds is 8. The zero-order valence-electron chi connectivity index (χ0n) is 21.0. The molecule has 0 fully saturated rings. The number of benzene rings is 1. The van der Waals surface area contributed by atoms with E-state index in [9.17, 15) is 9.90 Å². The Hall–Kier alpha value is -4.74. The number of aryl methyl sites for hydroxylation is 3. The molecule has 12 heteroatoms. The summed E-state index contributed by atoms with van der Waals surface area (Å²) in [5, 5.41) is 22.0. The molecule has 0 aliphatic carbocycles. The number of nitrogens with one attached hydrogen (secondary N) is 1. The van der Waals surface area contributed by atoms with Crippen molar-refractivity contribution in [3.63, 3.8) is 0 Å². The number of hydrogen-bond acceptors (Lipinski definition) is 8. The monoisotopic (exact) mass is 501 g/mol. The number of carbonyl (C=O) groups excluding carboxylic acids is 1. The summed E-state index contributed by atoms with van der Waals surface area (Å²) in [5.41, 5.74) is 3.59. The Morgan fingerprint density at radius 1 is 1.14 bits per heavy atom. The van der Waals surface area contributed by atoms with Gasteiger partial charge in [-0.25, -0.2) is 9.97 Å². The molecule has 1 aromatic carbocycles. The summed E-state index contributed by atoms with van der Waals surface area (Å²) in [6, 6.07) is 8.96. The maximum absolute atomic E-state index is 13.1. The number of aromatic nitrogens is 8. The maximum atomic E-state index is 13.1. The first-order chi connectivity index (χ1) is 17.9. The number of phenols is 1. The van der Waals surface area contributed by atoms with E-state index in [1.807, 2.05) is 43.8 Å². The standard InChI is InChI=1S/C25H27N9O3/c1-5-33-14-26-25(31-33)29-23(36)16-13-18-22(28-24(16)37-4)27-20(34(18)6-2)12-15-8-7-9-19(35)21(15)17-10-11-32(3)30-17/h7-11,13-14,35H,5-6,12H2,1-4H3,(H,29,31,36). The van der Waals surface area contributed by atoms with Gasteiger partial charge in [-0.05, 0) is 37.6 Å². The highest BCUT2D eigenvalue weighted by Gasteiger charge is 2.22. The lowest BCUT2D eigenvalue weighted by Gasteiger charge is -2.11. The molecule has 1 amide bonds. The van der Waals surface area contributed by atoms with Crippen LogP contribution in [-0.2, 0) is 26.6 Å². The quantitative estimate of drug-likeness (QED) is 0.331. The number of phenolic OH excluding ortho intramolecular Hbond substituents is 1. The smallest absolute Gasteiger partial charge is 0.263 e. The Bertz CT molecular complexity index is 1600. The molecular formula is C25H27N9O3. The third kappa shape index (κ3) is 4.48. The molecule has 5 rings (SSSR count). The lowest BCUT2D eigenvalue weighted by Crippen LogP contribution is -2.15. The minimum Gasteiger partial charge on any atom is -0.507 e. The molecule has 190 valence electrons. The van der Waals surface area contributed by atoms with E-state index in [-0.39, 0.29) is 23.1 Å². The predicted molar refractivity (Wildman–Crippen MR) is 137 cm³/mol. The minimum absolute atomic E-state index is 0.147. The molecule has 4 aromatic heterocycles. The van der Waals surface area contributed by atoms with Gasteiger partial charge in [0.15, 0.2) is 5.65 Å². The predicted octanol–water partition coefficient (Wildman–Crippen LogP) is 3.02. The second-order valence-electron chi connectivity index (χ2n) is 8.40. The molecule has 0 saturated heterocycles. The van der Waals surface area contributed by atoms with Gasteiger partial charge in [-0.3, -0.25) is 19.5 Å². The summed E-state index contributed by atoms with van der Waals surface area (Å²) < 4.78 is 10.7. The van der Waals surface area contributed by atoms with E-state index in [0.717, 1.165) is 11.4 Å². The first-order valence-electron chi connectivity index (χ1n) is 11.9. The number of carbonyl (C=O) groups is 1. The molecule has 0 aliphatic heterocycles. The largest absolute Gasteiger partial charge is 0.507 e. The average molecular weight is 502 g/mol. The molecule has 12 nitrogen and oxygen atoms in total. The van der Waals surface area contributed by atoms with E-state index >= 15 is 0 Å². The van der Waals surface area contributed by atoms with Gasteiger partial charge in [0.05, 0.1) is 18.3 Å². The maximum Gasteiger partial charge on any atom is 0.263 e. The van der Waals surface area contributed by atoms with Crippen molar-refractivity contribution in [2.45, 2.75) is 33.4 Å². The summed E-state index contributed by atoms with van der Waals surface area (Å²) in [6.45, 7) is 5.17. The molecule has 0 spiro atoms. The van der Waals surface area contributed by atoms with Crippen molar-refractivity contribution in [1.29, 1.82) is 0 Å². The lowest BCUT2D eigenvalue weighted by molar-refractivity contribution is 0.102. The number of amides is 1. The van der Waals surface area contributed by atoms with E-state index in [4.69, 9.17) is 9.72 Å². The molecule has 37 heavy (non-hydrogen) atoms. The van der Waals surface area contributed by atoms with Crippen molar-refractivity contribution in [2.75, 3.05) is 12.4 Å². The summed E-state index contributed by atoms with van der Waals surface area (Å²) >= 11 is 0. The topological polar surface area (TPSA) is 138 Å². The van der Waals surface area contributed by atoms with Gasteiger partial charge in [0, 0.05) is 38.3 Å². The molecule has 0 atom stereocenters. The van der Waals surface area contributed by atoms with Crippen LogP contribution in [0.25, 0.3) is 22.4 Å². The highest BCUT2D eigenvalue weighted by Crippen LogP contribution is 2.33. The molecule has 0 radical (unpaired) electrons. The first-order valence-corrected chi connectivity index (χ1v) is 11.9. The Labute approximate surface area is 212 Å². The van der Waals surface area contributed by atoms with Crippen LogP contribution in [0.2, 0.25) is 0 Å². The van der Waals surface area contributed by atoms with Crippen LogP contribution in [0.15, 0.2) is 42.9 Å². The lowest BCUT2D eigenvalue weighted by atomic mass is 10.0. The number of imidazole rings is 1. The Balaban J connectivity index is 1.54. The summed E-state index contributed by atoms with van der Waals surface area (Å²) in [7, 11) is 3.29. The van der Waals surface area contributed by atoms with Gasteiger partial charge in [-0.1, -0.05) is 12.1 Å². The SMILES string of the molecule is CCn1cnc(NC(=O)c2cc3c(nc2OC)nc(Cc2cccc(O)c2-c2ccn(C)n2)n3CC)n1. The summed E-state index contributed by atoms with van der Waals surface area (Å²) in [6.07, 6.45) is 3.80. The van der Waals surface area contributed by atoms with E-state index in [1.165, 1.54) is 7.11 Å². The second kappa shape index (κ2) is 9.72. The van der Waals surface area contributed by atoms with E-state index in [2.05, 4.69) is 25.5 Å². The molecule has 4 heterocycles. The van der Waals surface area contributed by atoms with Crippen molar-refractivity contribution in [3.05, 3.63) is 59.8 Å². The van der Waals surface area contributed by atoms with Gasteiger partial charge in [0.2, 0.25) is 11.8 Å². The first kappa shape index (κ1) is 24.0. The average Bonchev–Trinajstić information content (AvgIpc) is 3.61. The summed E-state index contributed by atoms with van der Waals surface area (Å²) in [5.74, 6) is 0.795. The zero-order valence-corrected chi connectivity index (χ0v) is 21.0.